The summed E-state index contributed by atoms with van der Waals surface area (Å²) in [4.78, 5) is 39.9. The second-order valence-corrected chi connectivity index (χ2v) is 8.54. The first-order valence-corrected chi connectivity index (χ1v) is 11.4. The zero-order valence-corrected chi connectivity index (χ0v) is 19.5. The van der Waals surface area contributed by atoms with Gasteiger partial charge in [0.1, 0.15) is 17.5 Å². The van der Waals surface area contributed by atoms with E-state index in [1.165, 1.54) is 24.3 Å². The first-order valence-electron chi connectivity index (χ1n) is 11.4. The van der Waals surface area contributed by atoms with Gasteiger partial charge in [0.2, 0.25) is 11.8 Å². The summed E-state index contributed by atoms with van der Waals surface area (Å²) in [6.07, 6.45) is -0.0763. The summed E-state index contributed by atoms with van der Waals surface area (Å²) in [6.45, 7) is 0. The molecule has 3 atom stereocenters. The van der Waals surface area contributed by atoms with Crippen molar-refractivity contribution < 1.29 is 29.7 Å². The molecule has 0 bridgehead atoms. The van der Waals surface area contributed by atoms with Crippen LogP contribution in [0.25, 0.3) is 0 Å². The van der Waals surface area contributed by atoms with Crippen molar-refractivity contribution in [2.24, 2.45) is 11.5 Å². The number of rotatable bonds is 10. The molecule has 0 heterocycles. The predicted molar refractivity (Wildman–Crippen MR) is 133 cm³/mol. The number of phenols is 2. The zero-order chi connectivity index (χ0) is 26.2. The number of carbonyl (C=O) groups excluding carboxylic acids is 2. The molecule has 0 radical (unpaired) electrons. The number of aliphatic carboxylic acids is 1. The van der Waals surface area contributed by atoms with Crippen LogP contribution in [0.4, 0.5) is 0 Å². The number of nitrogens with two attached hydrogens (primary N) is 2. The quantitative estimate of drug-likeness (QED) is 0.285. The third-order valence-corrected chi connectivity index (χ3v) is 5.76. The Hall–Kier alpha value is -4.21. The number of amides is 2. The standard InChI is InChI=1S/C27H29N3O6/c28-22(14-18-6-10-20(31)11-7-18)25(33)30(24(27(35)36)16-17-4-2-1-3-5-17)26(34)23(29)15-19-8-12-21(32)13-9-19/h1-13,22-24,31-32H,14-16,28-29H2,(H,35,36)/t22-,23-,24-/m0/s1. The molecule has 188 valence electrons. The Labute approximate surface area is 208 Å². The summed E-state index contributed by atoms with van der Waals surface area (Å²) in [7, 11) is 0. The van der Waals surface area contributed by atoms with E-state index in [1.54, 1.807) is 54.6 Å². The minimum absolute atomic E-state index is 0.0216. The summed E-state index contributed by atoms with van der Waals surface area (Å²) < 4.78 is 0. The fourth-order valence-electron chi connectivity index (χ4n) is 3.85. The van der Waals surface area contributed by atoms with Crippen LogP contribution in [0.3, 0.4) is 0 Å². The summed E-state index contributed by atoms with van der Waals surface area (Å²) in [6, 6.07) is 16.8. The molecule has 3 aromatic carbocycles. The van der Waals surface area contributed by atoms with Gasteiger partial charge in [-0.15, -0.1) is 0 Å². The number of benzene rings is 3. The lowest BCUT2D eigenvalue weighted by molar-refractivity contribution is -0.159. The molecule has 36 heavy (non-hydrogen) atoms. The SMILES string of the molecule is N[C@@H](Cc1ccc(O)cc1)C(=O)N(C(=O)[C@@H](N)Cc1ccc(O)cc1)[C@@H](Cc1ccccc1)C(=O)O. The fourth-order valence-corrected chi connectivity index (χ4v) is 3.85. The lowest BCUT2D eigenvalue weighted by Gasteiger charge is -2.31. The van der Waals surface area contributed by atoms with Crippen molar-refractivity contribution in [3.8, 4) is 11.5 Å². The number of aromatic hydroxyl groups is 2. The number of phenolic OH excluding ortho intramolecular Hbond substituents is 2. The highest BCUT2D eigenvalue weighted by Crippen LogP contribution is 2.17. The Morgan fingerprint density at radius 3 is 1.42 bits per heavy atom. The van der Waals surface area contributed by atoms with Crippen LogP contribution in [0.1, 0.15) is 16.7 Å². The third kappa shape index (κ3) is 6.91. The molecule has 0 saturated carbocycles. The smallest absolute Gasteiger partial charge is 0.327 e. The van der Waals surface area contributed by atoms with Crippen LogP contribution in [0.15, 0.2) is 78.9 Å². The van der Waals surface area contributed by atoms with Crippen LogP contribution in [-0.4, -0.2) is 56.1 Å². The van der Waals surface area contributed by atoms with Gasteiger partial charge >= 0.3 is 5.97 Å². The Kier molecular flexibility index (Phi) is 8.77. The Balaban J connectivity index is 1.90. The molecule has 0 fully saturated rings. The molecule has 0 aliphatic carbocycles. The highest BCUT2D eigenvalue weighted by Gasteiger charge is 2.39. The van der Waals surface area contributed by atoms with Crippen molar-refractivity contribution in [1.82, 2.24) is 4.90 Å². The molecule has 7 N–H and O–H groups in total. The first-order chi connectivity index (χ1) is 17.2. The van der Waals surface area contributed by atoms with E-state index in [0.29, 0.717) is 21.6 Å². The van der Waals surface area contributed by atoms with Crippen LogP contribution in [0.5, 0.6) is 11.5 Å². The Morgan fingerprint density at radius 2 is 1.03 bits per heavy atom. The molecular weight excluding hydrogens is 462 g/mol. The molecule has 9 heteroatoms. The number of hydrogen-bond acceptors (Lipinski definition) is 7. The van der Waals surface area contributed by atoms with Gasteiger partial charge < -0.3 is 26.8 Å². The Bertz CT molecular complexity index is 1120. The van der Waals surface area contributed by atoms with Gasteiger partial charge in [0, 0.05) is 6.42 Å². The summed E-state index contributed by atoms with van der Waals surface area (Å²) in [5, 5.41) is 29.0. The first kappa shape index (κ1) is 26.4. The minimum Gasteiger partial charge on any atom is -0.508 e. The number of hydrogen-bond donors (Lipinski definition) is 5. The average Bonchev–Trinajstić information content (AvgIpc) is 2.86. The largest absolute Gasteiger partial charge is 0.508 e. The van der Waals surface area contributed by atoms with Crippen molar-refractivity contribution in [3.63, 3.8) is 0 Å². The Morgan fingerprint density at radius 1 is 0.639 bits per heavy atom. The molecular formula is C27H29N3O6. The van der Waals surface area contributed by atoms with Crippen LogP contribution < -0.4 is 11.5 Å². The van der Waals surface area contributed by atoms with Crippen LogP contribution in [0, 0.1) is 0 Å². The predicted octanol–water partition coefficient (Wildman–Crippen LogP) is 1.59. The lowest BCUT2D eigenvalue weighted by Crippen LogP contribution is -2.59. The van der Waals surface area contributed by atoms with E-state index in [0.717, 1.165) is 0 Å². The summed E-state index contributed by atoms with van der Waals surface area (Å²) in [5.74, 6) is -3.00. The van der Waals surface area contributed by atoms with E-state index in [-0.39, 0.29) is 30.8 Å². The van der Waals surface area contributed by atoms with Gasteiger partial charge in [-0.1, -0.05) is 54.6 Å². The van der Waals surface area contributed by atoms with Crippen molar-refractivity contribution in [3.05, 3.63) is 95.6 Å². The number of carbonyl (C=O) groups is 3. The monoisotopic (exact) mass is 491 g/mol. The van der Waals surface area contributed by atoms with E-state index < -0.39 is 35.9 Å². The molecule has 9 nitrogen and oxygen atoms in total. The molecule has 0 aliphatic rings. The number of imide groups is 1. The molecule has 0 unspecified atom stereocenters. The van der Waals surface area contributed by atoms with Gasteiger partial charge in [-0.2, -0.15) is 0 Å². The van der Waals surface area contributed by atoms with E-state index >= 15 is 0 Å². The van der Waals surface area contributed by atoms with E-state index in [9.17, 15) is 29.7 Å². The van der Waals surface area contributed by atoms with E-state index in [1.807, 2.05) is 0 Å². The number of nitrogens with zero attached hydrogens (tertiary/aromatic N) is 1. The van der Waals surface area contributed by atoms with Crippen molar-refractivity contribution in [1.29, 1.82) is 0 Å². The van der Waals surface area contributed by atoms with Crippen molar-refractivity contribution in [2.75, 3.05) is 0 Å². The maximum absolute atomic E-state index is 13.5. The molecule has 0 spiro atoms. The number of carboxylic acids is 1. The van der Waals surface area contributed by atoms with E-state index in [4.69, 9.17) is 11.5 Å². The van der Waals surface area contributed by atoms with Crippen molar-refractivity contribution in [2.45, 2.75) is 37.4 Å². The second kappa shape index (κ2) is 12.0. The fraction of sp³-hybridized carbons (Fsp3) is 0.222. The average molecular weight is 492 g/mol. The van der Waals surface area contributed by atoms with E-state index in [2.05, 4.69) is 0 Å². The third-order valence-electron chi connectivity index (χ3n) is 5.76. The molecule has 0 aromatic heterocycles. The van der Waals surface area contributed by atoms with Gasteiger partial charge in [-0.05, 0) is 53.8 Å². The van der Waals surface area contributed by atoms with Gasteiger partial charge in [0.05, 0.1) is 12.1 Å². The maximum atomic E-state index is 13.5. The molecule has 0 saturated heterocycles. The molecule has 0 aliphatic heterocycles. The lowest BCUT2D eigenvalue weighted by atomic mass is 9.99. The highest BCUT2D eigenvalue weighted by atomic mass is 16.4. The van der Waals surface area contributed by atoms with Crippen molar-refractivity contribution >= 4 is 17.8 Å². The van der Waals surface area contributed by atoms with Crippen LogP contribution in [0.2, 0.25) is 0 Å². The van der Waals surface area contributed by atoms with Crippen LogP contribution in [-0.2, 0) is 33.6 Å². The van der Waals surface area contributed by atoms with Gasteiger partial charge in [-0.25, -0.2) is 4.79 Å². The van der Waals surface area contributed by atoms with Crippen LogP contribution >= 0.6 is 0 Å². The normalized spacial score (nSPS) is 13.4. The summed E-state index contributed by atoms with van der Waals surface area (Å²) in [5.41, 5.74) is 14.2. The second-order valence-electron chi connectivity index (χ2n) is 8.54. The van der Waals surface area contributed by atoms with Gasteiger partial charge in [0.15, 0.2) is 0 Å². The highest BCUT2D eigenvalue weighted by molar-refractivity contribution is 6.03. The molecule has 3 aromatic rings. The topological polar surface area (TPSA) is 167 Å². The minimum atomic E-state index is -1.52. The zero-order valence-electron chi connectivity index (χ0n) is 19.5. The molecule has 2 amide bonds. The summed E-state index contributed by atoms with van der Waals surface area (Å²) >= 11 is 0. The van der Waals surface area contributed by atoms with Gasteiger partial charge in [-0.3, -0.25) is 14.5 Å². The van der Waals surface area contributed by atoms with Gasteiger partial charge in [0.25, 0.3) is 0 Å². The maximum Gasteiger partial charge on any atom is 0.327 e. The number of carboxylic acid groups (broad SMARTS) is 1. The molecule has 3 rings (SSSR count).